The molecule has 0 bridgehead atoms. The molecule has 6 heteroatoms. The van der Waals surface area contributed by atoms with Crippen molar-refractivity contribution >= 4 is 0 Å². The topological polar surface area (TPSA) is 47.1 Å². The van der Waals surface area contributed by atoms with Crippen LogP contribution in [0.25, 0.3) is 0 Å². The van der Waals surface area contributed by atoms with Gasteiger partial charge in [-0.15, -0.1) is 0 Å². The van der Waals surface area contributed by atoms with Crippen LogP contribution in [0.1, 0.15) is 12.0 Å². The normalized spacial score (nSPS) is 28.0. The monoisotopic (exact) mass is 335 g/mol. The number of rotatable bonds is 7. The highest BCUT2D eigenvalue weighted by Gasteiger charge is 2.44. The zero-order valence-electron chi connectivity index (χ0n) is 15.0. The van der Waals surface area contributed by atoms with Crippen molar-refractivity contribution in [2.24, 2.45) is 5.92 Å². The molecule has 0 spiro atoms. The van der Waals surface area contributed by atoms with Crippen molar-refractivity contribution in [2.75, 3.05) is 54.1 Å². The molecule has 0 N–H and O–H groups in total. The molecule has 0 radical (unpaired) electrons. The van der Waals surface area contributed by atoms with Gasteiger partial charge in [-0.05, 0) is 12.5 Å². The fourth-order valence-electron chi connectivity index (χ4n) is 4.16. The maximum atomic E-state index is 5.78. The molecule has 0 saturated carbocycles. The highest BCUT2D eigenvalue weighted by molar-refractivity contribution is 5.25. The van der Waals surface area contributed by atoms with Crippen LogP contribution in [0.15, 0.2) is 18.3 Å². The van der Waals surface area contributed by atoms with Crippen molar-refractivity contribution in [1.82, 2.24) is 14.8 Å². The molecule has 2 fully saturated rings. The molecular weight excluding hydrogens is 306 g/mol. The first-order valence-electron chi connectivity index (χ1n) is 8.72. The Morgan fingerprint density at radius 1 is 1.25 bits per heavy atom. The van der Waals surface area contributed by atoms with E-state index in [1.165, 1.54) is 0 Å². The first-order chi connectivity index (χ1) is 11.8. The largest absolute Gasteiger partial charge is 0.481 e. The Bertz CT molecular complexity index is 528. The van der Waals surface area contributed by atoms with Crippen LogP contribution in [0, 0.1) is 5.92 Å². The number of methoxy groups -OCH3 is 3. The van der Waals surface area contributed by atoms with Crippen molar-refractivity contribution < 1.29 is 14.2 Å². The summed E-state index contributed by atoms with van der Waals surface area (Å²) in [5, 5.41) is 0. The molecule has 134 valence electrons. The minimum Gasteiger partial charge on any atom is -0.481 e. The highest BCUT2D eigenvalue weighted by atomic mass is 16.5. The molecule has 6 nitrogen and oxygen atoms in total. The van der Waals surface area contributed by atoms with Crippen molar-refractivity contribution in [3.8, 4) is 5.88 Å². The third-order valence-electron chi connectivity index (χ3n) is 5.39. The molecule has 2 aliphatic rings. The van der Waals surface area contributed by atoms with Crippen molar-refractivity contribution in [3.63, 3.8) is 0 Å². The maximum Gasteiger partial charge on any atom is 0.217 e. The summed E-state index contributed by atoms with van der Waals surface area (Å²) < 4.78 is 16.5. The number of hydrogen-bond acceptors (Lipinski definition) is 6. The molecule has 0 unspecified atom stereocenters. The second-order valence-electron chi connectivity index (χ2n) is 6.69. The first kappa shape index (κ1) is 17.6. The Hall–Kier alpha value is -1.21. The summed E-state index contributed by atoms with van der Waals surface area (Å²) in [6.45, 7) is 5.88. The van der Waals surface area contributed by atoms with Gasteiger partial charge in [-0.3, -0.25) is 9.80 Å². The Labute approximate surface area is 144 Å². The predicted octanol–water partition coefficient (Wildman–Crippen LogP) is 1.26. The third kappa shape index (κ3) is 3.72. The van der Waals surface area contributed by atoms with E-state index in [4.69, 9.17) is 14.2 Å². The molecule has 2 aliphatic heterocycles. The number of piperidine rings is 1. The van der Waals surface area contributed by atoms with Crippen LogP contribution in [0.3, 0.4) is 0 Å². The van der Waals surface area contributed by atoms with E-state index in [0.717, 1.165) is 57.2 Å². The van der Waals surface area contributed by atoms with Gasteiger partial charge in [-0.2, -0.15) is 0 Å². The van der Waals surface area contributed by atoms with Crippen LogP contribution in [0.2, 0.25) is 0 Å². The minimum absolute atomic E-state index is 0.356. The average molecular weight is 335 g/mol. The second kappa shape index (κ2) is 8.25. The van der Waals surface area contributed by atoms with Crippen LogP contribution < -0.4 is 4.74 Å². The van der Waals surface area contributed by atoms with Gasteiger partial charge in [0.2, 0.25) is 5.88 Å². The fourth-order valence-corrected chi connectivity index (χ4v) is 4.16. The number of pyridine rings is 1. The minimum atomic E-state index is 0.356. The Kier molecular flexibility index (Phi) is 6.05. The smallest absolute Gasteiger partial charge is 0.217 e. The zero-order valence-corrected chi connectivity index (χ0v) is 15.0. The molecule has 1 aromatic heterocycles. The van der Waals surface area contributed by atoms with E-state index < -0.39 is 0 Å². The molecule has 3 atom stereocenters. The van der Waals surface area contributed by atoms with E-state index >= 15 is 0 Å². The molecule has 3 rings (SSSR count). The number of aromatic nitrogens is 1. The standard InChI is InChI=1S/C18H29N3O3/c1-22-10-9-20-12-15-16(13-20)21(8-6-17(15)23-2)11-14-5-4-7-19-18(14)24-3/h4-5,7,15-17H,6,8-13H2,1-3H3/t15-,16+,17-/m0/s1. The molecule has 0 amide bonds. The van der Waals surface area contributed by atoms with Crippen LogP contribution in [0.4, 0.5) is 0 Å². The number of fused-ring (bicyclic) bond motifs is 1. The molecule has 3 heterocycles. The lowest BCUT2D eigenvalue weighted by molar-refractivity contribution is -0.0247. The Morgan fingerprint density at radius 3 is 2.88 bits per heavy atom. The molecule has 24 heavy (non-hydrogen) atoms. The lowest BCUT2D eigenvalue weighted by atomic mass is 9.88. The molecule has 2 saturated heterocycles. The van der Waals surface area contributed by atoms with Crippen LogP contribution in [-0.2, 0) is 16.0 Å². The zero-order chi connectivity index (χ0) is 16.9. The van der Waals surface area contributed by atoms with Gasteiger partial charge in [0.15, 0.2) is 0 Å². The number of nitrogens with zero attached hydrogens (tertiary/aromatic N) is 3. The van der Waals surface area contributed by atoms with Crippen molar-refractivity contribution in [1.29, 1.82) is 0 Å². The van der Waals surface area contributed by atoms with Crippen LogP contribution in [-0.4, -0.2) is 81.0 Å². The third-order valence-corrected chi connectivity index (χ3v) is 5.39. The summed E-state index contributed by atoms with van der Waals surface area (Å²) in [5.74, 6) is 1.29. The SMILES string of the molecule is COCCN1C[C@@H]2[C@@H](OC)CCN(Cc3cccnc3OC)[C@@H]2C1. The Balaban J connectivity index is 1.72. The fraction of sp³-hybridized carbons (Fsp3) is 0.722. The lowest BCUT2D eigenvalue weighted by Crippen LogP contribution is -2.50. The van der Waals surface area contributed by atoms with Gasteiger partial charge in [0.25, 0.3) is 0 Å². The summed E-state index contributed by atoms with van der Waals surface area (Å²) in [7, 11) is 5.30. The van der Waals surface area contributed by atoms with Gasteiger partial charge < -0.3 is 14.2 Å². The summed E-state index contributed by atoms with van der Waals surface area (Å²) in [5.41, 5.74) is 1.16. The van der Waals surface area contributed by atoms with E-state index in [0.29, 0.717) is 18.1 Å². The number of hydrogen-bond donors (Lipinski definition) is 0. The quantitative estimate of drug-likeness (QED) is 0.748. The van der Waals surface area contributed by atoms with E-state index in [1.54, 1.807) is 20.4 Å². The van der Waals surface area contributed by atoms with E-state index in [9.17, 15) is 0 Å². The predicted molar refractivity (Wildman–Crippen MR) is 92.2 cm³/mol. The van der Waals surface area contributed by atoms with E-state index in [-0.39, 0.29) is 0 Å². The molecule has 0 aliphatic carbocycles. The van der Waals surface area contributed by atoms with Gasteiger partial charge in [-0.25, -0.2) is 4.98 Å². The summed E-state index contributed by atoms with van der Waals surface area (Å²) in [4.78, 5) is 9.41. The average Bonchev–Trinajstić information content (AvgIpc) is 3.05. The van der Waals surface area contributed by atoms with Gasteiger partial charge in [0.1, 0.15) is 0 Å². The maximum absolute atomic E-state index is 5.78. The summed E-state index contributed by atoms with van der Waals surface area (Å²) in [6, 6.07) is 4.61. The van der Waals surface area contributed by atoms with Gasteiger partial charge in [-0.1, -0.05) is 6.07 Å². The number of likely N-dealkylation sites (tertiary alicyclic amines) is 2. The summed E-state index contributed by atoms with van der Waals surface area (Å²) in [6.07, 6.45) is 3.22. The number of ether oxygens (including phenoxy) is 3. The Morgan fingerprint density at radius 2 is 2.12 bits per heavy atom. The van der Waals surface area contributed by atoms with Crippen LogP contribution in [0.5, 0.6) is 5.88 Å². The van der Waals surface area contributed by atoms with Crippen molar-refractivity contribution in [2.45, 2.75) is 25.1 Å². The van der Waals surface area contributed by atoms with Gasteiger partial charge in [0.05, 0.1) is 19.8 Å². The van der Waals surface area contributed by atoms with E-state index in [1.807, 2.05) is 13.2 Å². The molecule has 0 aromatic carbocycles. The molecule has 1 aromatic rings. The highest BCUT2D eigenvalue weighted by Crippen LogP contribution is 2.34. The lowest BCUT2D eigenvalue weighted by Gasteiger charge is -2.41. The van der Waals surface area contributed by atoms with Gasteiger partial charge in [0, 0.05) is 70.7 Å². The first-order valence-corrected chi connectivity index (χ1v) is 8.72. The summed E-state index contributed by atoms with van der Waals surface area (Å²) >= 11 is 0. The van der Waals surface area contributed by atoms with E-state index in [2.05, 4.69) is 20.9 Å². The van der Waals surface area contributed by atoms with Crippen LogP contribution >= 0.6 is 0 Å². The van der Waals surface area contributed by atoms with Crippen molar-refractivity contribution in [3.05, 3.63) is 23.9 Å². The van der Waals surface area contributed by atoms with Gasteiger partial charge >= 0.3 is 0 Å². The molecular formula is C18H29N3O3. The second-order valence-corrected chi connectivity index (χ2v) is 6.69.